The van der Waals surface area contributed by atoms with Crippen LogP contribution in [0.1, 0.15) is 29.8 Å². The van der Waals surface area contributed by atoms with Crippen molar-refractivity contribution < 1.29 is 14.3 Å². The van der Waals surface area contributed by atoms with Crippen molar-refractivity contribution >= 4 is 33.3 Å². The second-order valence-corrected chi connectivity index (χ2v) is 10.3. The van der Waals surface area contributed by atoms with Gasteiger partial charge < -0.3 is 9.47 Å². The van der Waals surface area contributed by atoms with Crippen molar-refractivity contribution in [3.63, 3.8) is 0 Å². The zero-order valence-electron chi connectivity index (χ0n) is 20.5. The second-order valence-electron chi connectivity index (χ2n) is 9.43. The van der Waals surface area contributed by atoms with Gasteiger partial charge in [-0.05, 0) is 48.2 Å². The van der Waals surface area contributed by atoms with E-state index >= 15 is 0 Å². The zero-order chi connectivity index (χ0) is 25.4. The van der Waals surface area contributed by atoms with Gasteiger partial charge in [0.05, 0.1) is 22.5 Å². The largest absolute Gasteiger partial charge is 0.454 e. The molecule has 1 aliphatic heterocycles. The van der Waals surface area contributed by atoms with Crippen LogP contribution in [0, 0.1) is 5.92 Å². The molecule has 0 saturated carbocycles. The molecule has 37 heavy (non-hydrogen) atoms. The summed E-state index contributed by atoms with van der Waals surface area (Å²) >= 11 is 1.41. The SMILES string of the molecule is CC(C)Cc1ccc(-c2csc(NC(=O)c3cc(-c4ccc5c(c4)OCO5)nc4ccccc34)n2)cc1. The number of thiazole rings is 1. The van der Waals surface area contributed by atoms with Gasteiger partial charge in [0.25, 0.3) is 5.91 Å². The molecule has 1 aliphatic rings. The molecule has 1 amide bonds. The van der Waals surface area contributed by atoms with Gasteiger partial charge in [-0.15, -0.1) is 11.3 Å². The molecule has 3 aromatic carbocycles. The smallest absolute Gasteiger partial charge is 0.258 e. The molecule has 5 aromatic rings. The quantitative estimate of drug-likeness (QED) is 0.263. The van der Waals surface area contributed by atoms with E-state index in [1.54, 1.807) is 0 Å². The normalized spacial score (nSPS) is 12.3. The fraction of sp³-hybridized carbons (Fsp3) is 0.167. The highest BCUT2D eigenvalue weighted by atomic mass is 32.1. The van der Waals surface area contributed by atoms with Gasteiger partial charge in [0.2, 0.25) is 6.79 Å². The Bertz CT molecular complexity index is 1610. The molecular formula is C30H25N3O3S. The van der Waals surface area contributed by atoms with Crippen LogP contribution < -0.4 is 14.8 Å². The van der Waals surface area contributed by atoms with Crippen LogP contribution in [0.3, 0.4) is 0 Å². The fourth-order valence-electron chi connectivity index (χ4n) is 4.48. The summed E-state index contributed by atoms with van der Waals surface area (Å²) < 4.78 is 11.0. The number of nitrogens with zero attached hydrogens (tertiary/aromatic N) is 2. The van der Waals surface area contributed by atoms with Gasteiger partial charge in [-0.2, -0.15) is 0 Å². The molecule has 7 heteroatoms. The van der Waals surface area contributed by atoms with Gasteiger partial charge in [0, 0.05) is 21.9 Å². The Morgan fingerprint density at radius 3 is 2.54 bits per heavy atom. The number of carbonyl (C=O) groups is 1. The van der Waals surface area contributed by atoms with Crippen molar-refractivity contribution in [2.24, 2.45) is 5.92 Å². The minimum Gasteiger partial charge on any atom is -0.454 e. The minimum absolute atomic E-state index is 0.204. The highest BCUT2D eigenvalue weighted by Crippen LogP contribution is 2.36. The van der Waals surface area contributed by atoms with Crippen molar-refractivity contribution in [3.05, 3.63) is 89.3 Å². The predicted octanol–water partition coefficient (Wildman–Crippen LogP) is 7.20. The van der Waals surface area contributed by atoms with Crippen LogP contribution in [0.25, 0.3) is 33.4 Å². The van der Waals surface area contributed by atoms with Gasteiger partial charge in [0.1, 0.15) is 0 Å². The Hall–Kier alpha value is -4.23. The number of amides is 1. The number of aromatic nitrogens is 2. The molecule has 0 aliphatic carbocycles. The molecule has 3 heterocycles. The lowest BCUT2D eigenvalue weighted by atomic mass is 10.0. The monoisotopic (exact) mass is 507 g/mol. The predicted molar refractivity (Wildman–Crippen MR) is 147 cm³/mol. The molecule has 6 rings (SSSR count). The maximum atomic E-state index is 13.5. The number of nitrogens with one attached hydrogen (secondary N) is 1. The van der Waals surface area contributed by atoms with Crippen LogP contribution in [0.2, 0.25) is 0 Å². The Labute approximate surface area is 218 Å². The van der Waals surface area contributed by atoms with E-state index in [1.165, 1.54) is 16.9 Å². The van der Waals surface area contributed by atoms with E-state index in [-0.39, 0.29) is 12.7 Å². The third kappa shape index (κ3) is 4.78. The number of anilines is 1. The van der Waals surface area contributed by atoms with Gasteiger partial charge in [-0.3, -0.25) is 10.1 Å². The van der Waals surface area contributed by atoms with Gasteiger partial charge >= 0.3 is 0 Å². The molecular weight excluding hydrogens is 482 g/mol. The Kier molecular flexibility index (Phi) is 6.06. The summed E-state index contributed by atoms with van der Waals surface area (Å²) in [6.45, 7) is 4.64. The highest BCUT2D eigenvalue weighted by Gasteiger charge is 2.18. The summed E-state index contributed by atoms with van der Waals surface area (Å²) in [5.74, 6) is 1.76. The van der Waals surface area contributed by atoms with E-state index in [4.69, 9.17) is 14.5 Å². The molecule has 2 aromatic heterocycles. The number of fused-ring (bicyclic) bond motifs is 2. The topological polar surface area (TPSA) is 73.3 Å². The molecule has 0 radical (unpaired) electrons. The van der Waals surface area contributed by atoms with Crippen LogP contribution in [0.15, 0.2) is 78.2 Å². The van der Waals surface area contributed by atoms with Crippen LogP contribution in [0.4, 0.5) is 5.13 Å². The third-order valence-corrected chi connectivity index (χ3v) is 7.01. The van der Waals surface area contributed by atoms with Crippen molar-refractivity contribution in [1.82, 2.24) is 9.97 Å². The number of para-hydroxylation sites is 1. The summed E-state index contributed by atoms with van der Waals surface area (Å²) in [6.07, 6.45) is 1.05. The van der Waals surface area contributed by atoms with Crippen LogP contribution in [0.5, 0.6) is 11.5 Å². The number of hydrogen-bond acceptors (Lipinski definition) is 6. The number of carbonyl (C=O) groups excluding carboxylic acids is 1. The first-order valence-corrected chi connectivity index (χ1v) is 13.1. The molecule has 184 valence electrons. The van der Waals surface area contributed by atoms with Crippen molar-refractivity contribution in [3.8, 4) is 34.0 Å². The third-order valence-electron chi connectivity index (χ3n) is 6.25. The molecule has 0 bridgehead atoms. The number of rotatable bonds is 6. The van der Waals surface area contributed by atoms with E-state index < -0.39 is 0 Å². The molecule has 0 atom stereocenters. The second kappa shape index (κ2) is 9.67. The number of pyridine rings is 1. The van der Waals surface area contributed by atoms with Crippen molar-refractivity contribution in [2.75, 3.05) is 12.1 Å². The summed E-state index contributed by atoms with van der Waals surface area (Å²) in [4.78, 5) is 23.0. The standard InChI is InChI=1S/C30H25N3O3S/c1-18(2)13-19-7-9-20(10-8-19)26-16-37-30(32-26)33-29(34)23-15-25(31-24-6-4-3-5-22(23)24)21-11-12-27-28(14-21)36-17-35-27/h3-12,14-16,18H,13,17H2,1-2H3,(H,32,33,34). The maximum absolute atomic E-state index is 13.5. The van der Waals surface area contributed by atoms with Crippen LogP contribution in [-0.4, -0.2) is 22.7 Å². The Balaban J connectivity index is 1.28. The summed E-state index contributed by atoms with van der Waals surface area (Å²) in [7, 11) is 0. The van der Waals surface area contributed by atoms with E-state index in [9.17, 15) is 4.79 Å². The molecule has 1 N–H and O–H groups in total. The Morgan fingerprint density at radius 1 is 0.919 bits per heavy atom. The van der Waals surface area contributed by atoms with E-state index in [2.05, 4.69) is 48.4 Å². The fourth-order valence-corrected chi connectivity index (χ4v) is 5.19. The van der Waals surface area contributed by atoms with Gasteiger partial charge in [-0.25, -0.2) is 9.97 Å². The summed E-state index contributed by atoms with van der Waals surface area (Å²) in [5, 5.41) is 6.29. The average molecular weight is 508 g/mol. The maximum Gasteiger partial charge on any atom is 0.258 e. The van der Waals surface area contributed by atoms with Crippen LogP contribution in [-0.2, 0) is 6.42 Å². The molecule has 0 saturated heterocycles. The average Bonchev–Trinajstić information content (AvgIpc) is 3.57. The number of hydrogen-bond donors (Lipinski definition) is 1. The minimum atomic E-state index is -0.228. The lowest BCUT2D eigenvalue weighted by Gasteiger charge is -2.10. The first-order chi connectivity index (χ1) is 18.0. The van der Waals surface area contributed by atoms with E-state index in [0.717, 1.165) is 34.1 Å². The Morgan fingerprint density at radius 2 is 1.70 bits per heavy atom. The van der Waals surface area contributed by atoms with E-state index in [0.29, 0.717) is 33.8 Å². The van der Waals surface area contributed by atoms with Crippen LogP contribution >= 0.6 is 11.3 Å². The summed E-state index contributed by atoms with van der Waals surface area (Å²) in [5.41, 5.74) is 5.99. The first kappa shape index (κ1) is 23.2. The molecule has 0 spiro atoms. The van der Waals surface area contributed by atoms with E-state index in [1.807, 2.05) is 53.9 Å². The van der Waals surface area contributed by atoms with Crippen molar-refractivity contribution in [2.45, 2.75) is 20.3 Å². The lowest BCUT2D eigenvalue weighted by molar-refractivity contribution is 0.102. The highest BCUT2D eigenvalue weighted by molar-refractivity contribution is 7.14. The summed E-state index contributed by atoms with van der Waals surface area (Å²) in [6, 6.07) is 23.6. The molecule has 0 fully saturated rings. The van der Waals surface area contributed by atoms with Gasteiger partial charge in [0.15, 0.2) is 16.6 Å². The zero-order valence-corrected chi connectivity index (χ0v) is 21.3. The lowest BCUT2D eigenvalue weighted by Crippen LogP contribution is -2.13. The number of ether oxygens (including phenoxy) is 2. The molecule has 0 unspecified atom stereocenters. The molecule has 6 nitrogen and oxygen atoms in total. The number of benzene rings is 3. The first-order valence-electron chi connectivity index (χ1n) is 12.2. The van der Waals surface area contributed by atoms with Crippen molar-refractivity contribution in [1.29, 1.82) is 0 Å². The van der Waals surface area contributed by atoms with Gasteiger partial charge in [-0.1, -0.05) is 56.3 Å².